The molecule has 0 fully saturated rings. The normalized spacial score (nSPS) is 19.2. The van der Waals surface area contributed by atoms with Crippen molar-refractivity contribution in [2.75, 3.05) is 32.2 Å². The number of nitrogens with zero attached hydrogens (tertiary/aromatic N) is 1. The lowest BCUT2D eigenvalue weighted by Gasteiger charge is -2.38. The number of aliphatic hydroxyl groups excluding tert-OH is 1. The Hall–Kier alpha value is -1.44. The molecule has 2 N–H and O–H groups in total. The molecule has 7 heteroatoms. The van der Waals surface area contributed by atoms with Crippen LogP contribution in [0.4, 0.5) is 5.69 Å². The molecule has 1 aliphatic rings. The molecule has 2 atom stereocenters. The Morgan fingerprint density at radius 2 is 2.08 bits per heavy atom. The Morgan fingerprint density at radius 3 is 2.64 bits per heavy atom. The Labute approximate surface area is 151 Å². The van der Waals surface area contributed by atoms with Gasteiger partial charge in [-0.05, 0) is 24.2 Å². The Bertz CT molecular complexity index is 628. The van der Waals surface area contributed by atoms with E-state index < -0.39 is 14.2 Å². The van der Waals surface area contributed by atoms with Crippen LogP contribution in [0, 0.1) is 5.92 Å². The molecule has 0 radical (unpaired) electrons. The number of pyridine rings is 1. The van der Waals surface area contributed by atoms with E-state index in [9.17, 15) is 9.90 Å². The molecule has 0 amide bonds. The third kappa shape index (κ3) is 4.21. The molecular formula is C18H30N2O4Si. The van der Waals surface area contributed by atoms with Gasteiger partial charge in [-0.2, -0.15) is 0 Å². The van der Waals surface area contributed by atoms with Gasteiger partial charge < -0.3 is 19.6 Å². The van der Waals surface area contributed by atoms with Crippen molar-refractivity contribution in [3.63, 3.8) is 0 Å². The molecular weight excluding hydrogens is 336 g/mol. The zero-order valence-electron chi connectivity index (χ0n) is 16.0. The molecule has 2 rings (SSSR count). The summed E-state index contributed by atoms with van der Waals surface area (Å²) in [6.07, 6.45) is 0. The van der Waals surface area contributed by atoms with Crippen LogP contribution >= 0.6 is 0 Å². The number of rotatable bonds is 6. The van der Waals surface area contributed by atoms with E-state index in [0.717, 1.165) is 5.69 Å². The minimum Gasteiger partial charge on any atom is -0.481 e. The number of methoxy groups -OCH3 is 1. The number of fused-ring (bicyclic) bond motifs is 1. The van der Waals surface area contributed by atoms with Crippen LogP contribution in [-0.2, 0) is 9.22 Å². The van der Waals surface area contributed by atoms with Crippen molar-refractivity contribution < 1.29 is 19.1 Å². The molecule has 0 aromatic carbocycles. The van der Waals surface area contributed by atoms with E-state index in [2.05, 4.69) is 44.2 Å². The van der Waals surface area contributed by atoms with Gasteiger partial charge in [-0.25, -0.2) is 4.98 Å². The maximum Gasteiger partial charge on any atom is 0.213 e. The van der Waals surface area contributed by atoms with Gasteiger partial charge in [0.05, 0.1) is 31.0 Å². The SMILES string of the molecule is COc1ccc2c(n1)C([C@@H](CO)CO[Si](C)(C)C(C)(C)C)C(=O)CN2. The number of ketones is 1. The summed E-state index contributed by atoms with van der Waals surface area (Å²) in [5, 5.41) is 13.1. The van der Waals surface area contributed by atoms with Crippen LogP contribution in [0.25, 0.3) is 0 Å². The number of hydrogen-bond donors (Lipinski definition) is 2. The number of hydrogen-bond acceptors (Lipinski definition) is 6. The van der Waals surface area contributed by atoms with Crippen molar-refractivity contribution in [3.05, 3.63) is 17.8 Å². The van der Waals surface area contributed by atoms with Gasteiger partial charge in [0.15, 0.2) is 14.1 Å². The molecule has 0 spiro atoms. The highest BCUT2D eigenvalue weighted by Gasteiger charge is 2.40. The third-order valence-electron chi connectivity index (χ3n) is 5.37. The monoisotopic (exact) mass is 366 g/mol. The summed E-state index contributed by atoms with van der Waals surface area (Å²) in [5.41, 5.74) is 1.45. The molecule has 0 aliphatic carbocycles. The zero-order chi connectivity index (χ0) is 18.8. The van der Waals surface area contributed by atoms with Crippen molar-refractivity contribution in [2.45, 2.75) is 44.8 Å². The predicted molar refractivity (Wildman–Crippen MR) is 101 cm³/mol. The second-order valence-corrected chi connectivity index (χ2v) is 12.9. The number of Topliss-reactive ketones (excluding diaryl/α,β-unsaturated/α-hetero) is 1. The summed E-state index contributed by atoms with van der Waals surface area (Å²) < 4.78 is 11.5. The van der Waals surface area contributed by atoms with E-state index in [1.807, 2.05) is 6.07 Å². The molecule has 140 valence electrons. The fourth-order valence-corrected chi connectivity index (χ4v) is 3.74. The van der Waals surface area contributed by atoms with Gasteiger partial charge in [0.2, 0.25) is 5.88 Å². The molecule has 2 heterocycles. The summed E-state index contributed by atoms with van der Waals surface area (Å²) in [6, 6.07) is 3.63. The van der Waals surface area contributed by atoms with E-state index in [0.29, 0.717) is 18.2 Å². The van der Waals surface area contributed by atoms with Crippen LogP contribution in [0.5, 0.6) is 5.88 Å². The number of carbonyl (C=O) groups excluding carboxylic acids is 1. The van der Waals surface area contributed by atoms with Crippen molar-refractivity contribution in [1.29, 1.82) is 0 Å². The maximum absolute atomic E-state index is 12.6. The first-order valence-corrected chi connectivity index (χ1v) is 11.6. The van der Waals surface area contributed by atoms with Crippen LogP contribution in [0.3, 0.4) is 0 Å². The summed E-state index contributed by atoms with van der Waals surface area (Å²) >= 11 is 0. The van der Waals surface area contributed by atoms with Gasteiger partial charge in [0.25, 0.3) is 0 Å². The highest BCUT2D eigenvalue weighted by molar-refractivity contribution is 6.74. The molecule has 0 bridgehead atoms. The van der Waals surface area contributed by atoms with Gasteiger partial charge in [0, 0.05) is 25.2 Å². The average molecular weight is 367 g/mol. The van der Waals surface area contributed by atoms with E-state index in [1.54, 1.807) is 13.2 Å². The maximum atomic E-state index is 12.6. The van der Waals surface area contributed by atoms with Crippen LogP contribution in [0.2, 0.25) is 18.1 Å². The first kappa shape index (κ1) is 19.9. The van der Waals surface area contributed by atoms with E-state index in [4.69, 9.17) is 9.16 Å². The molecule has 1 aromatic heterocycles. The van der Waals surface area contributed by atoms with E-state index in [1.165, 1.54) is 0 Å². The molecule has 6 nitrogen and oxygen atoms in total. The summed E-state index contributed by atoms with van der Waals surface area (Å²) in [6.45, 7) is 11.3. The Balaban J connectivity index is 2.27. The lowest BCUT2D eigenvalue weighted by molar-refractivity contribution is -0.121. The molecule has 1 aliphatic heterocycles. The number of ether oxygens (including phenoxy) is 1. The first-order chi connectivity index (χ1) is 11.6. The molecule has 0 saturated carbocycles. The topological polar surface area (TPSA) is 80.7 Å². The smallest absolute Gasteiger partial charge is 0.213 e. The number of anilines is 1. The Kier molecular flexibility index (Phi) is 5.91. The van der Waals surface area contributed by atoms with Crippen LogP contribution in [0.15, 0.2) is 12.1 Å². The highest BCUT2D eigenvalue weighted by Crippen LogP contribution is 2.39. The van der Waals surface area contributed by atoms with Crippen molar-refractivity contribution in [3.8, 4) is 5.88 Å². The Morgan fingerprint density at radius 1 is 1.40 bits per heavy atom. The van der Waals surface area contributed by atoms with E-state index in [-0.39, 0.29) is 29.9 Å². The van der Waals surface area contributed by atoms with Gasteiger partial charge >= 0.3 is 0 Å². The molecule has 0 saturated heterocycles. The summed E-state index contributed by atoms with van der Waals surface area (Å²) in [4.78, 5) is 17.0. The zero-order valence-corrected chi connectivity index (χ0v) is 17.0. The molecule has 1 aromatic rings. The quantitative estimate of drug-likeness (QED) is 0.754. The molecule has 25 heavy (non-hydrogen) atoms. The largest absolute Gasteiger partial charge is 0.481 e. The number of nitrogens with one attached hydrogen (secondary N) is 1. The van der Waals surface area contributed by atoms with Crippen LogP contribution < -0.4 is 10.1 Å². The van der Waals surface area contributed by atoms with Crippen molar-refractivity contribution in [1.82, 2.24) is 4.98 Å². The van der Waals surface area contributed by atoms with E-state index >= 15 is 0 Å². The lowest BCUT2D eigenvalue weighted by atomic mass is 9.83. The van der Waals surface area contributed by atoms with Gasteiger partial charge in [0.1, 0.15) is 0 Å². The third-order valence-corrected chi connectivity index (χ3v) is 9.87. The second kappa shape index (κ2) is 7.43. The fourth-order valence-electron chi connectivity index (χ4n) is 2.67. The standard InChI is InChI=1S/C18H30N2O4Si/c1-18(2,3)25(5,6)24-11-12(10-21)16-14(22)9-19-13-7-8-15(23-4)20-17(13)16/h7-8,12,16,19,21H,9-11H2,1-6H3/t12-,16?/m0/s1. The first-order valence-electron chi connectivity index (χ1n) is 8.67. The summed E-state index contributed by atoms with van der Waals surface area (Å²) in [7, 11) is -0.415. The lowest BCUT2D eigenvalue weighted by Crippen LogP contribution is -2.44. The predicted octanol–water partition coefficient (Wildman–Crippen LogP) is 2.80. The van der Waals surface area contributed by atoms with Crippen LogP contribution in [0.1, 0.15) is 32.4 Å². The van der Waals surface area contributed by atoms with Crippen LogP contribution in [-0.4, -0.2) is 51.1 Å². The minimum atomic E-state index is -1.96. The second-order valence-electron chi connectivity index (χ2n) is 8.10. The number of aromatic nitrogens is 1. The minimum absolute atomic E-state index is 0.0196. The summed E-state index contributed by atoms with van der Waals surface area (Å²) in [5.74, 6) is -0.323. The van der Waals surface area contributed by atoms with Gasteiger partial charge in [-0.15, -0.1) is 0 Å². The van der Waals surface area contributed by atoms with Crippen molar-refractivity contribution >= 4 is 19.8 Å². The highest BCUT2D eigenvalue weighted by atomic mass is 28.4. The van der Waals surface area contributed by atoms with Crippen molar-refractivity contribution in [2.24, 2.45) is 5.92 Å². The average Bonchev–Trinajstić information content (AvgIpc) is 2.55. The van der Waals surface area contributed by atoms with Gasteiger partial charge in [-0.3, -0.25) is 4.79 Å². The molecule has 1 unspecified atom stereocenters. The number of aliphatic hydroxyl groups is 1. The van der Waals surface area contributed by atoms with Gasteiger partial charge in [-0.1, -0.05) is 20.8 Å². The number of carbonyl (C=O) groups is 1. The fraction of sp³-hybridized carbons (Fsp3) is 0.667.